The smallest absolute Gasteiger partial charge is 0.289 e. The van der Waals surface area contributed by atoms with Crippen molar-refractivity contribution in [2.24, 2.45) is 4.99 Å². The zero-order valence-corrected chi connectivity index (χ0v) is 16.6. The molecule has 150 valence electrons. The average molecular weight is 385 g/mol. The van der Waals surface area contributed by atoms with Crippen molar-refractivity contribution in [1.82, 2.24) is 20.1 Å². The fraction of sp³-hybridized carbons (Fsp3) is 0.450. The molecule has 28 heavy (non-hydrogen) atoms. The minimum atomic E-state index is -0.0672. The van der Waals surface area contributed by atoms with Crippen LogP contribution in [0.25, 0.3) is 0 Å². The first-order chi connectivity index (χ1) is 13.6. The minimum absolute atomic E-state index is 0.0672. The molecule has 0 aromatic carbocycles. The standard InChI is InChI=1S/C20H27N5O3/c1-15(2)28-18-7-6-16(13-22-18)14-23-20(21-3)25-10-8-24(9-11-25)19(26)17-5-4-12-27-17/h4-7,12-13,15H,8-11,14H2,1-3H3,(H,21,23). The summed E-state index contributed by atoms with van der Waals surface area (Å²) in [6, 6.07) is 7.29. The number of hydrogen-bond acceptors (Lipinski definition) is 5. The van der Waals surface area contributed by atoms with Crippen LogP contribution < -0.4 is 10.1 Å². The summed E-state index contributed by atoms with van der Waals surface area (Å²) >= 11 is 0. The lowest BCUT2D eigenvalue weighted by Gasteiger charge is -2.36. The molecule has 0 atom stereocenters. The van der Waals surface area contributed by atoms with Gasteiger partial charge in [0.15, 0.2) is 11.7 Å². The number of hydrogen-bond donors (Lipinski definition) is 1. The van der Waals surface area contributed by atoms with Crippen LogP contribution in [0.2, 0.25) is 0 Å². The van der Waals surface area contributed by atoms with E-state index in [0.717, 1.165) is 11.5 Å². The summed E-state index contributed by atoms with van der Waals surface area (Å²) in [7, 11) is 1.76. The van der Waals surface area contributed by atoms with E-state index >= 15 is 0 Å². The Bertz CT molecular complexity index is 779. The highest BCUT2D eigenvalue weighted by molar-refractivity contribution is 5.91. The van der Waals surface area contributed by atoms with Crippen molar-refractivity contribution < 1.29 is 13.9 Å². The summed E-state index contributed by atoms with van der Waals surface area (Å²) < 4.78 is 10.8. The number of aliphatic imine (C=N–C) groups is 1. The summed E-state index contributed by atoms with van der Waals surface area (Å²) in [5.74, 6) is 1.75. The van der Waals surface area contributed by atoms with Crippen LogP contribution in [0.5, 0.6) is 5.88 Å². The molecule has 1 aliphatic heterocycles. The lowest BCUT2D eigenvalue weighted by Crippen LogP contribution is -2.53. The molecule has 2 aromatic heterocycles. The van der Waals surface area contributed by atoms with Gasteiger partial charge in [-0.3, -0.25) is 9.79 Å². The zero-order chi connectivity index (χ0) is 19.9. The number of pyridine rings is 1. The van der Waals surface area contributed by atoms with Crippen molar-refractivity contribution in [3.8, 4) is 5.88 Å². The molecular weight excluding hydrogens is 358 g/mol. The molecule has 0 radical (unpaired) electrons. The van der Waals surface area contributed by atoms with Crippen molar-refractivity contribution >= 4 is 11.9 Å². The maximum atomic E-state index is 12.4. The fourth-order valence-corrected chi connectivity index (χ4v) is 3.02. The first kappa shape index (κ1) is 19.7. The molecule has 0 unspecified atom stereocenters. The van der Waals surface area contributed by atoms with Gasteiger partial charge in [0.2, 0.25) is 5.88 Å². The number of amides is 1. The van der Waals surface area contributed by atoms with Gasteiger partial charge < -0.3 is 24.3 Å². The zero-order valence-electron chi connectivity index (χ0n) is 16.6. The van der Waals surface area contributed by atoms with E-state index in [0.29, 0.717) is 44.4 Å². The molecule has 1 fully saturated rings. The molecule has 8 nitrogen and oxygen atoms in total. The number of furan rings is 1. The summed E-state index contributed by atoms with van der Waals surface area (Å²) in [5, 5.41) is 3.36. The number of nitrogens with zero attached hydrogens (tertiary/aromatic N) is 4. The molecular formula is C20H27N5O3. The molecule has 2 aromatic rings. The first-order valence-electron chi connectivity index (χ1n) is 9.47. The lowest BCUT2D eigenvalue weighted by molar-refractivity contribution is 0.0657. The van der Waals surface area contributed by atoms with Crippen molar-refractivity contribution in [3.63, 3.8) is 0 Å². The monoisotopic (exact) mass is 385 g/mol. The van der Waals surface area contributed by atoms with Gasteiger partial charge in [-0.2, -0.15) is 0 Å². The van der Waals surface area contributed by atoms with E-state index in [2.05, 4.69) is 20.2 Å². The van der Waals surface area contributed by atoms with Crippen molar-refractivity contribution in [3.05, 3.63) is 48.0 Å². The molecule has 3 heterocycles. The van der Waals surface area contributed by atoms with Crippen LogP contribution in [0.4, 0.5) is 0 Å². The average Bonchev–Trinajstić information content (AvgIpc) is 3.24. The third-order valence-electron chi connectivity index (χ3n) is 4.41. The highest BCUT2D eigenvalue weighted by Crippen LogP contribution is 2.11. The second kappa shape index (κ2) is 9.25. The van der Waals surface area contributed by atoms with E-state index in [4.69, 9.17) is 9.15 Å². The second-order valence-electron chi connectivity index (χ2n) is 6.83. The van der Waals surface area contributed by atoms with Crippen LogP contribution in [0, 0.1) is 0 Å². The van der Waals surface area contributed by atoms with E-state index in [-0.39, 0.29) is 12.0 Å². The molecule has 1 saturated heterocycles. The number of carbonyl (C=O) groups excluding carboxylic acids is 1. The number of ether oxygens (including phenoxy) is 1. The Balaban J connectivity index is 1.49. The fourth-order valence-electron chi connectivity index (χ4n) is 3.02. The Labute approximate surface area is 165 Å². The van der Waals surface area contributed by atoms with Crippen molar-refractivity contribution in [2.45, 2.75) is 26.5 Å². The third kappa shape index (κ3) is 5.03. The second-order valence-corrected chi connectivity index (χ2v) is 6.83. The Hall–Kier alpha value is -3.03. The highest BCUT2D eigenvalue weighted by atomic mass is 16.5. The van der Waals surface area contributed by atoms with E-state index in [1.807, 2.05) is 26.0 Å². The topological polar surface area (TPSA) is 83.2 Å². The number of piperazine rings is 1. The molecule has 1 amide bonds. The number of nitrogens with one attached hydrogen (secondary N) is 1. The number of guanidine groups is 1. The predicted molar refractivity (Wildman–Crippen MR) is 106 cm³/mol. The maximum Gasteiger partial charge on any atom is 0.289 e. The van der Waals surface area contributed by atoms with Gasteiger partial charge >= 0.3 is 0 Å². The van der Waals surface area contributed by atoms with Crippen LogP contribution in [-0.4, -0.2) is 66.0 Å². The normalized spacial score (nSPS) is 15.1. The molecule has 0 saturated carbocycles. The predicted octanol–water partition coefficient (Wildman–Crippen LogP) is 2.00. The van der Waals surface area contributed by atoms with Gasteiger partial charge in [-0.1, -0.05) is 6.07 Å². The Morgan fingerprint density at radius 2 is 2.00 bits per heavy atom. The summed E-state index contributed by atoms with van der Waals surface area (Å²) in [4.78, 5) is 25.0. The first-order valence-corrected chi connectivity index (χ1v) is 9.47. The van der Waals surface area contributed by atoms with E-state index in [1.54, 1.807) is 30.3 Å². The summed E-state index contributed by atoms with van der Waals surface area (Å²) in [6.45, 7) is 7.25. The van der Waals surface area contributed by atoms with E-state index in [1.165, 1.54) is 6.26 Å². The molecule has 8 heteroatoms. The van der Waals surface area contributed by atoms with Gasteiger partial charge in [0.05, 0.1) is 12.4 Å². The van der Waals surface area contributed by atoms with Gasteiger partial charge in [0, 0.05) is 52.0 Å². The quantitative estimate of drug-likeness (QED) is 0.626. The minimum Gasteiger partial charge on any atom is -0.475 e. The van der Waals surface area contributed by atoms with Crippen LogP contribution in [0.15, 0.2) is 46.1 Å². The lowest BCUT2D eigenvalue weighted by atomic mass is 10.2. The highest BCUT2D eigenvalue weighted by Gasteiger charge is 2.25. The summed E-state index contributed by atoms with van der Waals surface area (Å²) in [6.07, 6.45) is 3.43. The maximum absolute atomic E-state index is 12.4. The van der Waals surface area contributed by atoms with Crippen LogP contribution in [-0.2, 0) is 6.54 Å². The van der Waals surface area contributed by atoms with Gasteiger partial charge in [-0.25, -0.2) is 4.98 Å². The largest absolute Gasteiger partial charge is 0.475 e. The Morgan fingerprint density at radius 1 is 1.25 bits per heavy atom. The molecule has 3 rings (SSSR count). The molecule has 0 bridgehead atoms. The van der Waals surface area contributed by atoms with E-state index < -0.39 is 0 Å². The third-order valence-corrected chi connectivity index (χ3v) is 4.41. The van der Waals surface area contributed by atoms with Crippen LogP contribution in [0.3, 0.4) is 0 Å². The van der Waals surface area contributed by atoms with Gasteiger partial charge in [0.1, 0.15) is 0 Å². The summed E-state index contributed by atoms with van der Waals surface area (Å²) in [5.41, 5.74) is 1.05. The number of rotatable bonds is 5. The van der Waals surface area contributed by atoms with E-state index in [9.17, 15) is 4.79 Å². The number of aromatic nitrogens is 1. The van der Waals surface area contributed by atoms with Gasteiger partial charge in [-0.15, -0.1) is 0 Å². The van der Waals surface area contributed by atoms with Gasteiger partial charge in [0.25, 0.3) is 5.91 Å². The van der Waals surface area contributed by atoms with Gasteiger partial charge in [-0.05, 0) is 31.5 Å². The molecule has 0 aliphatic carbocycles. The molecule has 1 aliphatic rings. The van der Waals surface area contributed by atoms with Crippen LogP contribution in [0.1, 0.15) is 30.0 Å². The molecule has 1 N–H and O–H groups in total. The molecule has 0 spiro atoms. The SMILES string of the molecule is CN=C(NCc1ccc(OC(C)C)nc1)N1CCN(C(=O)c2ccco2)CC1. The van der Waals surface area contributed by atoms with Crippen molar-refractivity contribution in [1.29, 1.82) is 0 Å². The van der Waals surface area contributed by atoms with Crippen molar-refractivity contribution in [2.75, 3.05) is 33.2 Å². The van der Waals surface area contributed by atoms with Crippen LogP contribution >= 0.6 is 0 Å². The Kier molecular flexibility index (Phi) is 6.52. The number of carbonyl (C=O) groups is 1. The Morgan fingerprint density at radius 3 is 2.57 bits per heavy atom.